The maximum Gasteiger partial charge on any atom is 0.225 e. The Kier molecular flexibility index (Phi) is 4.52. The van der Waals surface area contributed by atoms with Crippen LogP contribution in [-0.4, -0.2) is 24.7 Å². The number of nitrogens with zero attached hydrogens (tertiary/aromatic N) is 1. The lowest BCUT2D eigenvalue weighted by Crippen LogP contribution is -2.25. The van der Waals surface area contributed by atoms with E-state index in [4.69, 9.17) is 15.2 Å². The third kappa shape index (κ3) is 2.93. The number of primary amides is 1. The van der Waals surface area contributed by atoms with Crippen molar-refractivity contribution in [1.29, 1.82) is 0 Å². The third-order valence-electron chi connectivity index (χ3n) is 5.49. The summed E-state index contributed by atoms with van der Waals surface area (Å²) < 4.78 is 13.5. The highest BCUT2D eigenvalue weighted by atomic mass is 16.5. The van der Waals surface area contributed by atoms with Crippen molar-refractivity contribution in [2.45, 2.75) is 31.7 Å². The summed E-state index contributed by atoms with van der Waals surface area (Å²) in [4.78, 5) is 12.2. The molecular weight excluding hydrogens is 340 g/mol. The predicted molar refractivity (Wildman–Crippen MR) is 105 cm³/mol. The number of nitrogens with two attached hydrogens (primary N) is 1. The van der Waals surface area contributed by atoms with Gasteiger partial charge in [0.1, 0.15) is 11.5 Å². The molecular formula is C22H24N2O3. The number of carbonyl (C=O) groups is 1. The fourth-order valence-electron chi connectivity index (χ4n) is 4.27. The summed E-state index contributed by atoms with van der Waals surface area (Å²) in [6.07, 6.45) is 2.65. The maximum atomic E-state index is 12.2. The highest BCUT2D eigenvalue weighted by Crippen LogP contribution is 2.44. The molecule has 2 N–H and O–H groups in total. The number of rotatable bonds is 5. The molecule has 0 saturated heterocycles. The van der Waals surface area contributed by atoms with E-state index in [2.05, 4.69) is 16.7 Å². The van der Waals surface area contributed by atoms with Crippen LogP contribution in [0.25, 0.3) is 10.9 Å². The summed E-state index contributed by atoms with van der Waals surface area (Å²) in [6.45, 7) is 0.731. The Morgan fingerprint density at radius 3 is 2.63 bits per heavy atom. The summed E-state index contributed by atoms with van der Waals surface area (Å²) in [5.41, 5.74) is 10.2. The van der Waals surface area contributed by atoms with Crippen molar-refractivity contribution in [3.8, 4) is 11.5 Å². The first kappa shape index (κ1) is 17.5. The lowest BCUT2D eigenvalue weighted by molar-refractivity contribution is -0.119. The first-order chi connectivity index (χ1) is 13.1. The Hall–Kier alpha value is -2.95. The van der Waals surface area contributed by atoms with Gasteiger partial charge < -0.3 is 19.8 Å². The first-order valence-electron chi connectivity index (χ1n) is 9.24. The SMILES string of the molecule is COc1cc(OC)c2c3c(n(Cc4ccccc4)c2c1)CCCC3C(N)=O. The van der Waals surface area contributed by atoms with Gasteiger partial charge in [0.15, 0.2) is 0 Å². The van der Waals surface area contributed by atoms with E-state index in [1.807, 2.05) is 30.3 Å². The Morgan fingerprint density at radius 1 is 1.19 bits per heavy atom. The maximum absolute atomic E-state index is 12.2. The first-order valence-corrected chi connectivity index (χ1v) is 9.24. The fraction of sp³-hybridized carbons (Fsp3) is 0.318. The van der Waals surface area contributed by atoms with Gasteiger partial charge in [0.2, 0.25) is 5.91 Å². The van der Waals surface area contributed by atoms with Gasteiger partial charge in [-0.2, -0.15) is 0 Å². The van der Waals surface area contributed by atoms with E-state index in [1.54, 1.807) is 14.2 Å². The normalized spacial score (nSPS) is 16.1. The number of carbonyl (C=O) groups excluding carboxylic acids is 1. The molecule has 3 aromatic rings. The molecule has 1 aliphatic rings. The van der Waals surface area contributed by atoms with Crippen molar-refractivity contribution < 1.29 is 14.3 Å². The summed E-state index contributed by atoms with van der Waals surface area (Å²) in [5.74, 6) is 0.905. The smallest absolute Gasteiger partial charge is 0.225 e. The monoisotopic (exact) mass is 364 g/mol. The van der Waals surface area contributed by atoms with Crippen LogP contribution in [0.1, 0.15) is 35.6 Å². The number of benzene rings is 2. The third-order valence-corrected chi connectivity index (χ3v) is 5.49. The van der Waals surface area contributed by atoms with E-state index in [1.165, 1.54) is 11.3 Å². The highest BCUT2D eigenvalue weighted by molar-refractivity contribution is 5.98. The van der Waals surface area contributed by atoms with Crippen molar-refractivity contribution in [3.63, 3.8) is 0 Å². The van der Waals surface area contributed by atoms with Crippen LogP contribution in [0, 0.1) is 0 Å². The standard InChI is InChI=1S/C22H24N2O3/c1-26-15-11-18-21(19(12-15)27-2)20-16(22(23)25)9-6-10-17(20)24(18)13-14-7-4-3-5-8-14/h3-5,7-8,11-12,16H,6,9-10,13H2,1-2H3,(H2,23,25). The van der Waals surface area contributed by atoms with Gasteiger partial charge in [0, 0.05) is 29.8 Å². The molecule has 2 aromatic carbocycles. The zero-order valence-corrected chi connectivity index (χ0v) is 15.7. The number of methoxy groups -OCH3 is 2. The van der Waals surface area contributed by atoms with E-state index in [0.717, 1.165) is 53.8 Å². The summed E-state index contributed by atoms with van der Waals surface area (Å²) in [5, 5.41) is 0.979. The van der Waals surface area contributed by atoms with Gasteiger partial charge >= 0.3 is 0 Å². The van der Waals surface area contributed by atoms with Crippen molar-refractivity contribution in [1.82, 2.24) is 4.57 Å². The fourth-order valence-corrected chi connectivity index (χ4v) is 4.27. The van der Waals surface area contributed by atoms with Crippen LogP contribution in [0.5, 0.6) is 11.5 Å². The molecule has 5 nitrogen and oxygen atoms in total. The second-order valence-electron chi connectivity index (χ2n) is 7.00. The van der Waals surface area contributed by atoms with Crippen LogP contribution in [0.3, 0.4) is 0 Å². The van der Waals surface area contributed by atoms with Crippen molar-refractivity contribution in [3.05, 3.63) is 59.3 Å². The second-order valence-corrected chi connectivity index (χ2v) is 7.00. The van der Waals surface area contributed by atoms with Gasteiger partial charge in [-0.05, 0) is 30.4 Å². The zero-order valence-electron chi connectivity index (χ0n) is 15.7. The largest absolute Gasteiger partial charge is 0.497 e. The minimum absolute atomic E-state index is 0.271. The topological polar surface area (TPSA) is 66.5 Å². The average Bonchev–Trinajstić information content (AvgIpc) is 3.01. The molecule has 0 fully saturated rings. The predicted octanol–water partition coefficient (Wildman–Crippen LogP) is 3.61. The molecule has 1 amide bonds. The summed E-state index contributed by atoms with van der Waals surface area (Å²) in [6, 6.07) is 14.2. The van der Waals surface area contributed by atoms with E-state index < -0.39 is 0 Å². The van der Waals surface area contributed by atoms with E-state index in [0.29, 0.717) is 0 Å². The molecule has 0 aliphatic heterocycles. The highest BCUT2D eigenvalue weighted by Gasteiger charge is 2.32. The van der Waals surface area contributed by atoms with Crippen LogP contribution >= 0.6 is 0 Å². The van der Waals surface area contributed by atoms with E-state index >= 15 is 0 Å². The molecule has 140 valence electrons. The molecule has 27 heavy (non-hydrogen) atoms. The minimum Gasteiger partial charge on any atom is -0.497 e. The Bertz CT molecular complexity index is 992. The number of hydrogen-bond acceptors (Lipinski definition) is 3. The number of hydrogen-bond donors (Lipinski definition) is 1. The lowest BCUT2D eigenvalue weighted by atomic mass is 9.84. The molecule has 0 radical (unpaired) electrons. The molecule has 1 heterocycles. The molecule has 4 rings (SSSR count). The molecule has 0 saturated carbocycles. The van der Waals surface area contributed by atoms with Gasteiger partial charge in [-0.15, -0.1) is 0 Å². The number of ether oxygens (including phenoxy) is 2. The Balaban J connectivity index is 2.02. The van der Waals surface area contributed by atoms with Crippen LogP contribution in [0.15, 0.2) is 42.5 Å². The van der Waals surface area contributed by atoms with Crippen LogP contribution in [-0.2, 0) is 17.8 Å². The molecule has 1 aliphatic carbocycles. The van der Waals surface area contributed by atoms with Crippen LogP contribution in [0.4, 0.5) is 0 Å². The van der Waals surface area contributed by atoms with Gasteiger partial charge in [-0.25, -0.2) is 0 Å². The minimum atomic E-state index is -0.282. The number of fused-ring (bicyclic) bond motifs is 3. The average molecular weight is 364 g/mol. The second kappa shape index (κ2) is 6.99. The number of amides is 1. The van der Waals surface area contributed by atoms with Crippen molar-refractivity contribution in [2.75, 3.05) is 14.2 Å². The lowest BCUT2D eigenvalue weighted by Gasteiger charge is -2.22. The molecule has 5 heteroatoms. The quantitative estimate of drug-likeness (QED) is 0.752. The van der Waals surface area contributed by atoms with E-state index in [-0.39, 0.29) is 11.8 Å². The Morgan fingerprint density at radius 2 is 1.96 bits per heavy atom. The molecule has 1 atom stereocenters. The molecule has 0 spiro atoms. The zero-order chi connectivity index (χ0) is 19.0. The number of aromatic nitrogens is 1. The van der Waals surface area contributed by atoms with Gasteiger partial charge in [0.05, 0.1) is 25.7 Å². The molecule has 1 aromatic heterocycles. The Labute approximate surface area is 158 Å². The molecule has 0 bridgehead atoms. The van der Waals surface area contributed by atoms with Crippen molar-refractivity contribution in [2.24, 2.45) is 5.73 Å². The van der Waals surface area contributed by atoms with Gasteiger partial charge in [-0.3, -0.25) is 4.79 Å². The van der Waals surface area contributed by atoms with Crippen molar-refractivity contribution >= 4 is 16.8 Å². The van der Waals surface area contributed by atoms with E-state index in [9.17, 15) is 4.79 Å². The van der Waals surface area contributed by atoms with Crippen LogP contribution in [0.2, 0.25) is 0 Å². The summed E-state index contributed by atoms with van der Waals surface area (Å²) >= 11 is 0. The van der Waals surface area contributed by atoms with Gasteiger partial charge in [-0.1, -0.05) is 30.3 Å². The van der Waals surface area contributed by atoms with Crippen LogP contribution < -0.4 is 15.2 Å². The van der Waals surface area contributed by atoms with Gasteiger partial charge in [0.25, 0.3) is 0 Å². The molecule has 1 unspecified atom stereocenters. The summed E-state index contributed by atoms with van der Waals surface area (Å²) in [7, 11) is 3.30.